The van der Waals surface area contributed by atoms with Crippen LogP contribution < -0.4 is 11.1 Å². The SMILES string of the molecule is CC(CC(C(=O)N(C)C)(c1ccccc1)c1ccccc1)N1CC[C@H](NC(=O)c2cc(C#N)c(N)cc2O)[C@@H](O)C1.O. The summed E-state index contributed by atoms with van der Waals surface area (Å²) in [7, 11) is 3.54. The molecule has 42 heavy (non-hydrogen) atoms. The molecule has 1 heterocycles. The summed E-state index contributed by atoms with van der Waals surface area (Å²) in [5.41, 5.74) is 6.68. The van der Waals surface area contributed by atoms with E-state index < -0.39 is 23.5 Å². The second kappa shape index (κ2) is 13.5. The largest absolute Gasteiger partial charge is 0.507 e. The highest BCUT2D eigenvalue weighted by Crippen LogP contribution is 2.40. The molecule has 1 fully saturated rings. The number of rotatable bonds is 8. The molecule has 1 aliphatic heterocycles. The van der Waals surface area contributed by atoms with Crippen molar-refractivity contribution < 1.29 is 25.3 Å². The molecule has 1 unspecified atom stereocenters. The number of nitrogen functional groups attached to an aromatic ring is 1. The lowest BCUT2D eigenvalue weighted by atomic mass is 9.69. The number of anilines is 1. The zero-order chi connectivity index (χ0) is 29.7. The Morgan fingerprint density at radius 1 is 1.12 bits per heavy atom. The van der Waals surface area contributed by atoms with Gasteiger partial charge >= 0.3 is 0 Å². The van der Waals surface area contributed by atoms with Crippen molar-refractivity contribution in [3.05, 3.63) is 95.1 Å². The summed E-state index contributed by atoms with van der Waals surface area (Å²) < 4.78 is 0. The standard InChI is InChI=1S/C32H37N5O4.H2O/c1-21(18-32(31(41)36(2)3,23-10-6-4-7-11-23)24-12-8-5-9-13-24)37-15-14-27(29(39)20-37)35-30(40)25-16-22(19-33)26(34)17-28(25)38;/h4-13,16-17,21,27,29,38-39H,14-15,18,20,34H2,1-3H3,(H,35,40);1H2/t21?,27-,29-;/m0./s1. The molecule has 1 saturated heterocycles. The third-order valence-corrected chi connectivity index (χ3v) is 7.99. The molecule has 0 aromatic heterocycles. The fourth-order valence-corrected chi connectivity index (χ4v) is 5.79. The van der Waals surface area contributed by atoms with Crippen LogP contribution in [0.25, 0.3) is 0 Å². The maximum atomic E-state index is 14.0. The van der Waals surface area contributed by atoms with Gasteiger partial charge in [-0.25, -0.2) is 0 Å². The van der Waals surface area contributed by atoms with Crippen LogP contribution in [0.15, 0.2) is 72.8 Å². The number of aliphatic hydroxyl groups is 1. The van der Waals surface area contributed by atoms with Crippen LogP contribution in [0.4, 0.5) is 5.69 Å². The van der Waals surface area contributed by atoms with Crippen LogP contribution in [0.2, 0.25) is 0 Å². The number of nitrogens with one attached hydrogen (secondary N) is 1. The fraction of sp³-hybridized carbons (Fsp3) is 0.344. The Labute approximate surface area is 246 Å². The number of amides is 2. The van der Waals surface area contributed by atoms with E-state index in [4.69, 9.17) is 5.73 Å². The van der Waals surface area contributed by atoms with Crippen LogP contribution in [0.5, 0.6) is 5.75 Å². The highest BCUT2D eigenvalue weighted by atomic mass is 16.3. The minimum Gasteiger partial charge on any atom is -0.507 e. The van der Waals surface area contributed by atoms with E-state index in [2.05, 4.69) is 17.1 Å². The Bertz CT molecular complexity index is 1380. The molecular formula is C32H39N5O5. The van der Waals surface area contributed by atoms with Crippen molar-refractivity contribution in [2.45, 2.75) is 43.4 Å². The molecule has 0 bridgehead atoms. The quantitative estimate of drug-likeness (QED) is 0.298. The average molecular weight is 574 g/mol. The Hall–Kier alpha value is -4.43. The second-order valence-electron chi connectivity index (χ2n) is 10.9. The Balaban J connectivity index is 0.00000484. The van der Waals surface area contributed by atoms with Crippen LogP contribution in [-0.2, 0) is 10.2 Å². The zero-order valence-electron chi connectivity index (χ0n) is 24.1. The van der Waals surface area contributed by atoms with Crippen molar-refractivity contribution in [3.63, 3.8) is 0 Å². The Morgan fingerprint density at radius 2 is 1.69 bits per heavy atom. The number of likely N-dealkylation sites (tertiary alicyclic amines) is 1. The summed E-state index contributed by atoms with van der Waals surface area (Å²) in [4.78, 5) is 30.7. The Morgan fingerprint density at radius 3 is 2.19 bits per heavy atom. The maximum absolute atomic E-state index is 14.0. The molecule has 0 spiro atoms. The van der Waals surface area contributed by atoms with E-state index in [1.807, 2.05) is 66.7 Å². The van der Waals surface area contributed by atoms with Gasteiger partial charge in [0, 0.05) is 39.3 Å². The van der Waals surface area contributed by atoms with Gasteiger partial charge in [-0.3, -0.25) is 14.5 Å². The number of likely N-dealkylation sites (N-methyl/N-ethyl adjacent to an activating group) is 1. The van der Waals surface area contributed by atoms with Crippen molar-refractivity contribution in [2.24, 2.45) is 0 Å². The predicted octanol–water partition coefficient (Wildman–Crippen LogP) is 2.04. The van der Waals surface area contributed by atoms with Gasteiger partial charge in [0.25, 0.3) is 5.91 Å². The molecule has 7 N–H and O–H groups in total. The normalized spacial score (nSPS) is 17.8. The molecule has 3 aromatic carbocycles. The van der Waals surface area contributed by atoms with Gasteiger partial charge in [-0.15, -0.1) is 0 Å². The molecule has 10 nitrogen and oxygen atoms in total. The van der Waals surface area contributed by atoms with Crippen LogP contribution >= 0.6 is 0 Å². The van der Waals surface area contributed by atoms with Crippen LogP contribution in [-0.4, -0.2) is 82.7 Å². The summed E-state index contributed by atoms with van der Waals surface area (Å²) in [6.07, 6.45) is 0.0652. The first-order valence-electron chi connectivity index (χ1n) is 13.7. The molecule has 3 aromatic rings. The first-order chi connectivity index (χ1) is 19.6. The number of hydrogen-bond acceptors (Lipinski definition) is 7. The summed E-state index contributed by atoms with van der Waals surface area (Å²) >= 11 is 0. The third-order valence-electron chi connectivity index (χ3n) is 7.99. The van der Waals surface area contributed by atoms with Gasteiger partial charge < -0.3 is 31.6 Å². The molecule has 222 valence electrons. The summed E-state index contributed by atoms with van der Waals surface area (Å²) in [6.45, 7) is 2.93. The van der Waals surface area contributed by atoms with E-state index in [0.717, 1.165) is 11.1 Å². The number of piperidine rings is 1. The first-order valence-corrected chi connectivity index (χ1v) is 13.7. The highest BCUT2D eigenvalue weighted by Gasteiger charge is 2.45. The number of aromatic hydroxyl groups is 1. The summed E-state index contributed by atoms with van der Waals surface area (Å²) in [5.74, 6) is -0.943. The number of β-amino-alcohol motifs (C(OH)–C–C–N with tert-alkyl or cyclic N) is 1. The number of phenols is 1. The molecular weight excluding hydrogens is 534 g/mol. The smallest absolute Gasteiger partial charge is 0.255 e. The van der Waals surface area contributed by atoms with Crippen molar-refractivity contribution >= 4 is 17.5 Å². The van der Waals surface area contributed by atoms with Gasteiger partial charge in [0.2, 0.25) is 5.91 Å². The van der Waals surface area contributed by atoms with E-state index in [-0.39, 0.29) is 40.0 Å². The molecule has 0 saturated carbocycles. The molecule has 0 radical (unpaired) electrons. The molecule has 10 heteroatoms. The number of hydrogen-bond donors (Lipinski definition) is 4. The van der Waals surface area contributed by atoms with Crippen LogP contribution in [0.1, 0.15) is 46.8 Å². The lowest BCUT2D eigenvalue weighted by molar-refractivity contribution is -0.134. The van der Waals surface area contributed by atoms with E-state index in [0.29, 0.717) is 25.9 Å². The van der Waals surface area contributed by atoms with Crippen molar-refractivity contribution in [2.75, 3.05) is 32.9 Å². The van der Waals surface area contributed by atoms with Crippen molar-refractivity contribution in [1.82, 2.24) is 15.1 Å². The highest BCUT2D eigenvalue weighted by molar-refractivity contribution is 5.98. The minimum absolute atomic E-state index is 0. The van der Waals surface area contributed by atoms with Gasteiger partial charge in [-0.05, 0) is 37.0 Å². The molecule has 2 amide bonds. The maximum Gasteiger partial charge on any atom is 0.255 e. The number of carbonyl (C=O) groups is 2. The number of nitrogens with two attached hydrogens (primary N) is 1. The predicted molar refractivity (Wildman–Crippen MR) is 161 cm³/mol. The molecule has 0 aliphatic carbocycles. The van der Waals surface area contributed by atoms with Gasteiger partial charge in [0.1, 0.15) is 17.2 Å². The van der Waals surface area contributed by atoms with E-state index in [1.54, 1.807) is 19.0 Å². The monoisotopic (exact) mass is 573 g/mol. The van der Waals surface area contributed by atoms with E-state index in [1.165, 1.54) is 12.1 Å². The Kier molecular flexibility index (Phi) is 10.3. The number of phenolic OH excluding ortho intramolecular Hbond substituents is 1. The first kappa shape index (κ1) is 32.1. The third kappa shape index (κ3) is 6.39. The number of carbonyl (C=O) groups excluding carboxylic acids is 2. The molecule has 3 atom stereocenters. The van der Waals surface area contributed by atoms with Gasteiger partial charge in [-0.1, -0.05) is 60.7 Å². The number of nitrogens with zero attached hydrogens (tertiary/aromatic N) is 3. The lowest BCUT2D eigenvalue weighted by Gasteiger charge is -2.44. The van der Waals surface area contributed by atoms with Gasteiger partial charge in [-0.2, -0.15) is 5.26 Å². The molecule has 4 rings (SSSR count). The van der Waals surface area contributed by atoms with Gasteiger partial charge in [0.15, 0.2) is 0 Å². The van der Waals surface area contributed by atoms with Gasteiger partial charge in [0.05, 0.1) is 29.0 Å². The molecule has 1 aliphatic rings. The summed E-state index contributed by atoms with van der Waals surface area (Å²) in [5, 5.41) is 33.3. The van der Waals surface area contributed by atoms with Crippen molar-refractivity contribution in [3.8, 4) is 11.8 Å². The van der Waals surface area contributed by atoms with Crippen LogP contribution in [0.3, 0.4) is 0 Å². The lowest BCUT2D eigenvalue weighted by Crippen LogP contribution is -2.57. The summed E-state index contributed by atoms with van der Waals surface area (Å²) in [6, 6.07) is 23.3. The minimum atomic E-state index is -0.938. The zero-order valence-corrected chi connectivity index (χ0v) is 24.1. The van der Waals surface area contributed by atoms with E-state index in [9.17, 15) is 25.1 Å². The van der Waals surface area contributed by atoms with E-state index >= 15 is 0 Å². The fourth-order valence-electron chi connectivity index (χ4n) is 5.79. The number of aliphatic hydroxyl groups excluding tert-OH is 1. The topological polar surface area (TPSA) is 174 Å². The average Bonchev–Trinajstić information content (AvgIpc) is 2.97. The second-order valence-corrected chi connectivity index (χ2v) is 10.9. The van der Waals surface area contributed by atoms with Crippen molar-refractivity contribution in [1.29, 1.82) is 5.26 Å². The van der Waals surface area contributed by atoms with Crippen LogP contribution in [0, 0.1) is 11.3 Å². The number of nitriles is 1. The number of benzene rings is 3.